The normalized spacial score (nSPS) is 11.3. The summed E-state index contributed by atoms with van der Waals surface area (Å²) in [6.07, 6.45) is 2.57. The number of amides is 1. The molecule has 2 rings (SSSR count). The number of carbonyl (C=O) groups is 1. The van der Waals surface area contributed by atoms with Crippen LogP contribution in [0.25, 0.3) is 0 Å². The zero-order valence-electron chi connectivity index (χ0n) is 13.4. The van der Waals surface area contributed by atoms with E-state index in [0.29, 0.717) is 5.69 Å². The van der Waals surface area contributed by atoms with E-state index in [9.17, 15) is 13.2 Å². The van der Waals surface area contributed by atoms with Gasteiger partial charge in [0.05, 0.1) is 24.8 Å². The maximum atomic E-state index is 12.1. The fraction of sp³-hybridized carbons (Fsp3) is 0.312. The molecule has 6 nitrogen and oxygen atoms in total. The van der Waals surface area contributed by atoms with Crippen LogP contribution in [0.3, 0.4) is 0 Å². The molecule has 0 saturated carbocycles. The molecule has 1 heterocycles. The average molecular weight is 336 g/mol. The molecular formula is C16H20N2O4S. The van der Waals surface area contributed by atoms with Gasteiger partial charge in [0, 0.05) is 6.54 Å². The second kappa shape index (κ2) is 6.87. The maximum absolute atomic E-state index is 12.1. The number of anilines is 1. The topological polar surface area (TPSA) is 79.6 Å². The van der Waals surface area contributed by atoms with Crippen LogP contribution in [-0.2, 0) is 10.0 Å². The third-order valence-electron chi connectivity index (χ3n) is 3.38. The van der Waals surface area contributed by atoms with Crippen LogP contribution in [0.15, 0.2) is 41.0 Å². The maximum Gasteiger partial charge on any atom is 0.287 e. The van der Waals surface area contributed by atoms with Crippen LogP contribution in [-0.4, -0.2) is 33.7 Å². The van der Waals surface area contributed by atoms with E-state index in [1.54, 1.807) is 12.1 Å². The van der Waals surface area contributed by atoms with Crippen molar-refractivity contribution < 1.29 is 17.6 Å². The lowest BCUT2D eigenvalue weighted by atomic mass is 10.1. The number of furan rings is 1. The van der Waals surface area contributed by atoms with Gasteiger partial charge in [0.25, 0.3) is 5.91 Å². The van der Waals surface area contributed by atoms with Crippen molar-refractivity contribution in [1.82, 2.24) is 5.32 Å². The van der Waals surface area contributed by atoms with Crippen molar-refractivity contribution in [1.29, 1.82) is 0 Å². The molecule has 0 aliphatic carbocycles. The number of hydrogen-bond donors (Lipinski definition) is 1. The highest BCUT2D eigenvalue weighted by Crippen LogP contribution is 2.23. The lowest BCUT2D eigenvalue weighted by Gasteiger charge is -2.24. The Hall–Kier alpha value is -2.28. The van der Waals surface area contributed by atoms with Crippen molar-refractivity contribution in [3.8, 4) is 0 Å². The van der Waals surface area contributed by atoms with Gasteiger partial charge in [-0.25, -0.2) is 8.42 Å². The third kappa shape index (κ3) is 4.35. The Morgan fingerprint density at radius 3 is 2.61 bits per heavy atom. The first-order valence-corrected chi connectivity index (χ1v) is 9.00. The molecule has 1 aromatic heterocycles. The van der Waals surface area contributed by atoms with Gasteiger partial charge in [0.15, 0.2) is 5.76 Å². The Morgan fingerprint density at radius 2 is 2.00 bits per heavy atom. The molecule has 1 N–H and O–H groups in total. The van der Waals surface area contributed by atoms with Gasteiger partial charge in [0.2, 0.25) is 10.0 Å². The minimum Gasteiger partial charge on any atom is -0.459 e. The number of hydrogen-bond acceptors (Lipinski definition) is 4. The van der Waals surface area contributed by atoms with Crippen molar-refractivity contribution in [2.24, 2.45) is 0 Å². The van der Waals surface area contributed by atoms with Crippen molar-refractivity contribution in [3.05, 3.63) is 53.5 Å². The Labute approximate surface area is 136 Å². The van der Waals surface area contributed by atoms with Crippen LogP contribution < -0.4 is 9.62 Å². The number of benzene rings is 1. The summed E-state index contributed by atoms with van der Waals surface area (Å²) in [6, 6.07) is 8.80. The zero-order chi connectivity index (χ0) is 17.0. The average Bonchev–Trinajstić information content (AvgIpc) is 2.99. The highest BCUT2D eigenvalue weighted by atomic mass is 32.2. The predicted molar refractivity (Wildman–Crippen MR) is 89.1 cm³/mol. The summed E-state index contributed by atoms with van der Waals surface area (Å²) in [5.41, 5.74) is 2.46. The van der Waals surface area contributed by atoms with Crippen molar-refractivity contribution in [2.45, 2.75) is 13.8 Å². The van der Waals surface area contributed by atoms with Crippen molar-refractivity contribution in [3.63, 3.8) is 0 Å². The lowest BCUT2D eigenvalue weighted by Crippen LogP contribution is -2.38. The molecule has 23 heavy (non-hydrogen) atoms. The molecule has 0 unspecified atom stereocenters. The number of sulfonamides is 1. The molecule has 2 aromatic rings. The summed E-state index contributed by atoms with van der Waals surface area (Å²) in [6.45, 7) is 4.09. The summed E-state index contributed by atoms with van der Waals surface area (Å²) in [4.78, 5) is 11.8. The molecule has 0 saturated heterocycles. The van der Waals surface area contributed by atoms with E-state index < -0.39 is 10.0 Å². The summed E-state index contributed by atoms with van der Waals surface area (Å²) < 4.78 is 30.5. The van der Waals surface area contributed by atoms with E-state index in [1.165, 1.54) is 10.6 Å². The first-order valence-electron chi connectivity index (χ1n) is 7.15. The van der Waals surface area contributed by atoms with Gasteiger partial charge in [-0.1, -0.05) is 12.1 Å². The van der Waals surface area contributed by atoms with Crippen LogP contribution >= 0.6 is 0 Å². The standard InChI is InChI=1S/C16H20N2O4S/c1-12-6-7-13(2)14(11-12)18(23(3,20)21)9-8-17-16(19)15-5-4-10-22-15/h4-7,10-11H,8-9H2,1-3H3,(H,17,19). The van der Waals surface area contributed by atoms with E-state index in [1.807, 2.05) is 32.0 Å². The minimum atomic E-state index is -3.45. The van der Waals surface area contributed by atoms with Crippen LogP contribution in [0.1, 0.15) is 21.7 Å². The molecule has 1 amide bonds. The Kier molecular flexibility index (Phi) is 5.10. The van der Waals surface area contributed by atoms with Gasteiger partial charge in [-0.15, -0.1) is 0 Å². The summed E-state index contributed by atoms with van der Waals surface area (Å²) in [5.74, 6) is -0.174. The molecule has 7 heteroatoms. The van der Waals surface area contributed by atoms with Crippen molar-refractivity contribution >= 4 is 21.6 Å². The summed E-state index contributed by atoms with van der Waals surface area (Å²) in [7, 11) is -3.45. The minimum absolute atomic E-state index is 0.148. The van der Waals surface area contributed by atoms with Gasteiger partial charge in [-0.3, -0.25) is 9.10 Å². The highest BCUT2D eigenvalue weighted by molar-refractivity contribution is 7.92. The molecule has 0 fully saturated rings. The van der Waals surface area contributed by atoms with E-state index in [-0.39, 0.29) is 24.8 Å². The Bertz CT molecular complexity index is 782. The van der Waals surface area contributed by atoms with Crippen LogP contribution in [0.4, 0.5) is 5.69 Å². The molecular weight excluding hydrogens is 316 g/mol. The first kappa shape index (κ1) is 17.1. The largest absolute Gasteiger partial charge is 0.459 e. The van der Waals surface area contributed by atoms with E-state index in [0.717, 1.165) is 17.4 Å². The van der Waals surface area contributed by atoms with Gasteiger partial charge in [-0.05, 0) is 43.2 Å². The quantitative estimate of drug-likeness (QED) is 0.876. The molecule has 0 aliphatic rings. The third-order valence-corrected chi connectivity index (χ3v) is 4.56. The number of nitrogens with one attached hydrogen (secondary N) is 1. The van der Waals surface area contributed by atoms with Crippen LogP contribution in [0.5, 0.6) is 0 Å². The SMILES string of the molecule is Cc1ccc(C)c(N(CCNC(=O)c2ccco2)S(C)(=O)=O)c1. The molecule has 0 spiro atoms. The van der Waals surface area contributed by atoms with Crippen LogP contribution in [0.2, 0.25) is 0 Å². The number of rotatable bonds is 6. The van der Waals surface area contributed by atoms with Gasteiger partial charge in [-0.2, -0.15) is 0 Å². The van der Waals surface area contributed by atoms with Gasteiger partial charge in [0.1, 0.15) is 0 Å². The Balaban J connectivity index is 2.11. The monoisotopic (exact) mass is 336 g/mol. The molecule has 0 bridgehead atoms. The molecule has 0 aliphatic heterocycles. The highest BCUT2D eigenvalue weighted by Gasteiger charge is 2.19. The fourth-order valence-corrected chi connectivity index (χ4v) is 3.20. The van der Waals surface area contributed by atoms with Crippen LogP contribution in [0, 0.1) is 13.8 Å². The first-order chi connectivity index (χ1) is 10.8. The number of aryl methyl sites for hydroxylation is 2. The number of carbonyl (C=O) groups excluding carboxylic acids is 1. The van der Waals surface area contributed by atoms with Gasteiger partial charge >= 0.3 is 0 Å². The Morgan fingerprint density at radius 1 is 1.26 bits per heavy atom. The summed E-state index contributed by atoms with van der Waals surface area (Å²) >= 11 is 0. The lowest BCUT2D eigenvalue weighted by molar-refractivity contribution is 0.0927. The zero-order valence-corrected chi connectivity index (χ0v) is 14.2. The molecule has 0 radical (unpaired) electrons. The molecule has 1 aromatic carbocycles. The fourth-order valence-electron chi connectivity index (χ4n) is 2.22. The predicted octanol–water partition coefficient (Wildman–Crippen LogP) is 2.09. The second-order valence-corrected chi connectivity index (χ2v) is 7.27. The molecule has 124 valence electrons. The van der Waals surface area contributed by atoms with Gasteiger partial charge < -0.3 is 9.73 Å². The number of nitrogens with zero attached hydrogens (tertiary/aromatic N) is 1. The second-order valence-electron chi connectivity index (χ2n) is 5.36. The smallest absolute Gasteiger partial charge is 0.287 e. The molecule has 0 atom stereocenters. The van der Waals surface area contributed by atoms with E-state index in [4.69, 9.17) is 4.42 Å². The van der Waals surface area contributed by atoms with E-state index in [2.05, 4.69) is 5.32 Å². The van der Waals surface area contributed by atoms with E-state index >= 15 is 0 Å². The van der Waals surface area contributed by atoms with Crippen molar-refractivity contribution in [2.75, 3.05) is 23.7 Å². The summed E-state index contributed by atoms with van der Waals surface area (Å²) in [5, 5.41) is 2.65.